The van der Waals surface area contributed by atoms with Crippen molar-refractivity contribution in [1.29, 1.82) is 0 Å². The summed E-state index contributed by atoms with van der Waals surface area (Å²) in [5.74, 6) is -0.0170. The first-order valence-corrected chi connectivity index (χ1v) is 9.28. The first-order chi connectivity index (χ1) is 14.1. The summed E-state index contributed by atoms with van der Waals surface area (Å²) in [4.78, 5) is 27.2. The molecule has 1 aromatic carbocycles. The van der Waals surface area contributed by atoms with Gasteiger partial charge in [-0.15, -0.1) is 0 Å². The number of halogens is 1. The summed E-state index contributed by atoms with van der Waals surface area (Å²) in [6.07, 6.45) is 4.88. The summed E-state index contributed by atoms with van der Waals surface area (Å²) in [6.45, 7) is 0.638. The number of amides is 1. The molecule has 0 saturated heterocycles. The fourth-order valence-electron chi connectivity index (χ4n) is 3.38. The number of hydrogen-bond acceptors (Lipinski definition) is 6. The van der Waals surface area contributed by atoms with E-state index >= 15 is 0 Å². The van der Waals surface area contributed by atoms with Crippen LogP contribution >= 0.6 is 11.6 Å². The standard InChI is InChI=1S/C20H15ClN6O2/c21-13-1-3-14(4-2-13)26-6-5-12-9-15(10-23-18(12)26)27-7-8-29-19-16(20(27)28)17(22)24-11-25-19/h1-6,9-11H,7-8H2,(H2,22,24,25). The van der Waals surface area contributed by atoms with Gasteiger partial charge in [-0.25, -0.2) is 15.0 Å². The summed E-state index contributed by atoms with van der Waals surface area (Å²) in [6, 6.07) is 11.4. The Balaban J connectivity index is 1.55. The van der Waals surface area contributed by atoms with Crippen molar-refractivity contribution in [3.63, 3.8) is 0 Å². The zero-order valence-corrected chi connectivity index (χ0v) is 15.9. The smallest absolute Gasteiger partial charge is 0.267 e. The third-order valence-electron chi connectivity index (χ3n) is 4.78. The zero-order valence-electron chi connectivity index (χ0n) is 15.1. The molecule has 0 bridgehead atoms. The lowest BCUT2D eigenvalue weighted by atomic mass is 10.2. The Bertz CT molecular complexity index is 1240. The summed E-state index contributed by atoms with van der Waals surface area (Å²) in [5, 5.41) is 1.57. The molecule has 29 heavy (non-hydrogen) atoms. The van der Waals surface area contributed by atoms with Gasteiger partial charge in [0.2, 0.25) is 5.88 Å². The molecule has 0 unspecified atom stereocenters. The summed E-state index contributed by atoms with van der Waals surface area (Å²) in [5.41, 5.74) is 8.45. The first kappa shape index (κ1) is 17.4. The highest BCUT2D eigenvalue weighted by atomic mass is 35.5. The Kier molecular flexibility index (Phi) is 4.06. The number of benzene rings is 1. The number of aromatic nitrogens is 4. The van der Waals surface area contributed by atoms with Crippen molar-refractivity contribution in [2.45, 2.75) is 0 Å². The molecule has 1 amide bonds. The maximum absolute atomic E-state index is 13.1. The molecule has 0 radical (unpaired) electrons. The fraction of sp³-hybridized carbons (Fsp3) is 0.100. The monoisotopic (exact) mass is 406 g/mol. The van der Waals surface area contributed by atoms with Crippen LogP contribution in [-0.4, -0.2) is 38.6 Å². The normalized spacial score (nSPS) is 13.8. The lowest BCUT2D eigenvalue weighted by Gasteiger charge is -2.20. The molecule has 0 atom stereocenters. The molecule has 2 N–H and O–H groups in total. The number of pyridine rings is 1. The topological polar surface area (TPSA) is 99.2 Å². The van der Waals surface area contributed by atoms with Crippen LogP contribution in [0.4, 0.5) is 11.5 Å². The Hall–Kier alpha value is -3.65. The fourth-order valence-corrected chi connectivity index (χ4v) is 3.51. The van der Waals surface area contributed by atoms with Crippen LogP contribution in [0.5, 0.6) is 5.88 Å². The van der Waals surface area contributed by atoms with Crippen LogP contribution in [0.2, 0.25) is 5.02 Å². The third kappa shape index (κ3) is 2.94. The molecule has 9 heteroatoms. The molecule has 0 fully saturated rings. The number of anilines is 2. The quantitative estimate of drug-likeness (QED) is 0.549. The van der Waals surface area contributed by atoms with Crippen LogP contribution < -0.4 is 15.4 Å². The van der Waals surface area contributed by atoms with Gasteiger partial charge in [0.15, 0.2) is 0 Å². The average Bonchev–Trinajstić information content (AvgIpc) is 3.06. The molecule has 0 aliphatic carbocycles. The number of carbonyl (C=O) groups is 1. The molecule has 4 heterocycles. The van der Waals surface area contributed by atoms with E-state index in [2.05, 4.69) is 15.0 Å². The molecule has 1 aliphatic heterocycles. The Morgan fingerprint density at radius 3 is 2.72 bits per heavy atom. The first-order valence-electron chi connectivity index (χ1n) is 8.90. The minimum absolute atomic E-state index is 0.0924. The van der Waals surface area contributed by atoms with Gasteiger partial charge in [-0.2, -0.15) is 0 Å². The van der Waals surface area contributed by atoms with E-state index in [1.54, 1.807) is 11.1 Å². The van der Waals surface area contributed by atoms with Gasteiger partial charge < -0.3 is 19.9 Å². The van der Waals surface area contributed by atoms with E-state index in [1.165, 1.54) is 6.33 Å². The zero-order chi connectivity index (χ0) is 20.0. The van der Waals surface area contributed by atoms with Crippen LogP contribution in [0.1, 0.15) is 10.4 Å². The maximum atomic E-state index is 13.1. The molecule has 3 aromatic heterocycles. The molecule has 4 aromatic rings. The number of carbonyl (C=O) groups excluding carboxylic acids is 1. The van der Waals surface area contributed by atoms with Crippen LogP contribution in [-0.2, 0) is 0 Å². The molecular weight excluding hydrogens is 392 g/mol. The number of rotatable bonds is 2. The van der Waals surface area contributed by atoms with Crippen LogP contribution in [0.25, 0.3) is 16.7 Å². The van der Waals surface area contributed by atoms with Crippen molar-refractivity contribution in [2.24, 2.45) is 0 Å². The Morgan fingerprint density at radius 2 is 1.90 bits per heavy atom. The minimum atomic E-state index is -0.311. The third-order valence-corrected chi connectivity index (χ3v) is 5.03. The molecular formula is C20H15ClN6O2. The average molecular weight is 407 g/mol. The lowest BCUT2D eigenvalue weighted by molar-refractivity contribution is 0.0990. The van der Waals surface area contributed by atoms with Crippen molar-refractivity contribution in [1.82, 2.24) is 19.5 Å². The van der Waals surface area contributed by atoms with E-state index in [1.807, 2.05) is 47.2 Å². The van der Waals surface area contributed by atoms with Gasteiger partial charge in [0.25, 0.3) is 5.91 Å². The van der Waals surface area contributed by atoms with E-state index < -0.39 is 0 Å². The molecule has 0 saturated carbocycles. The van der Waals surface area contributed by atoms with E-state index in [9.17, 15) is 4.79 Å². The SMILES string of the molecule is Nc1ncnc2c1C(=O)N(c1cnc3c(ccn3-c3ccc(Cl)cc3)c1)CCO2. The van der Waals surface area contributed by atoms with Crippen LogP contribution in [0.15, 0.2) is 55.1 Å². The van der Waals surface area contributed by atoms with Crippen molar-refractivity contribution in [2.75, 3.05) is 23.8 Å². The van der Waals surface area contributed by atoms with Gasteiger partial charge in [-0.05, 0) is 36.4 Å². The number of nitrogens with zero attached hydrogens (tertiary/aromatic N) is 5. The second kappa shape index (κ2) is 6.75. The largest absolute Gasteiger partial charge is 0.475 e. The van der Waals surface area contributed by atoms with Gasteiger partial charge >= 0.3 is 0 Å². The highest BCUT2D eigenvalue weighted by molar-refractivity contribution is 6.30. The van der Waals surface area contributed by atoms with Crippen LogP contribution in [0.3, 0.4) is 0 Å². The van der Waals surface area contributed by atoms with Gasteiger partial charge in [0.1, 0.15) is 30.0 Å². The minimum Gasteiger partial charge on any atom is -0.475 e. The summed E-state index contributed by atoms with van der Waals surface area (Å²) >= 11 is 5.98. The maximum Gasteiger partial charge on any atom is 0.267 e. The second-order valence-corrected chi connectivity index (χ2v) is 6.95. The van der Waals surface area contributed by atoms with Crippen molar-refractivity contribution in [3.05, 3.63) is 65.7 Å². The Morgan fingerprint density at radius 1 is 1.07 bits per heavy atom. The number of nitrogen functional groups attached to an aromatic ring is 1. The predicted molar refractivity (Wildman–Crippen MR) is 110 cm³/mol. The number of ether oxygens (including phenoxy) is 1. The lowest BCUT2D eigenvalue weighted by Crippen LogP contribution is -2.32. The van der Waals surface area contributed by atoms with Crippen molar-refractivity contribution >= 4 is 40.0 Å². The Labute approximate surface area is 170 Å². The highest BCUT2D eigenvalue weighted by Gasteiger charge is 2.29. The van der Waals surface area contributed by atoms with E-state index in [0.717, 1.165) is 16.7 Å². The number of nitrogens with two attached hydrogens (primary N) is 1. The van der Waals surface area contributed by atoms with Gasteiger partial charge in [-0.3, -0.25) is 4.79 Å². The van der Waals surface area contributed by atoms with Crippen molar-refractivity contribution in [3.8, 4) is 11.6 Å². The molecule has 0 spiro atoms. The molecule has 144 valence electrons. The van der Waals surface area contributed by atoms with Crippen LogP contribution in [0, 0.1) is 0 Å². The number of fused-ring (bicyclic) bond motifs is 2. The van der Waals surface area contributed by atoms with Gasteiger partial charge in [0, 0.05) is 22.3 Å². The summed E-state index contributed by atoms with van der Waals surface area (Å²) in [7, 11) is 0. The van der Waals surface area contributed by atoms with Crippen molar-refractivity contribution < 1.29 is 9.53 Å². The highest BCUT2D eigenvalue weighted by Crippen LogP contribution is 2.29. The van der Waals surface area contributed by atoms with E-state index in [-0.39, 0.29) is 23.2 Å². The molecule has 8 nitrogen and oxygen atoms in total. The number of hydrogen-bond donors (Lipinski definition) is 1. The van der Waals surface area contributed by atoms with E-state index in [4.69, 9.17) is 22.1 Å². The second-order valence-electron chi connectivity index (χ2n) is 6.51. The summed E-state index contributed by atoms with van der Waals surface area (Å²) < 4.78 is 7.54. The van der Waals surface area contributed by atoms with E-state index in [0.29, 0.717) is 23.9 Å². The predicted octanol–water partition coefficient (Wildman–Crippen LogP) is 3.09. The molecule has 1 aliphatic rings. The van der Waals surface area contributed by atoms with Gasteiger partial charge in [-0.1, -0.05) is 11.6 Å². The van der Waals surface area contributed by atoms with Gasteiger partial charge in [0.05, 0.1) is 18.4 Å². The molecule has 5 rings (SSSR count).